The van der Waals surface area contributed by atoms with Crippen molar-refractivity contribution in [2.75, 3.05) is 26.9 Å². The summed E-state index contributed by atoms with van der Waals surface area (Å²) in [5.41, 5.74) is 0. The zero-order valence-electron chi connectivity index (χ0n) is 12.3. The molecule has 0 heterocycles. The monoisotopic (exact) mass is 361 g/mol. The van der Waals surface area contributed by atoms with Gasteiger partial charge in [0.05, 0.1) is 17.7 Å². The minimum absolute atomic E-state index is 0.0103. The number of halogens is 2. The van der Waals surface area contributed by atoms with Crippen molar-refractivity contribution in [2.45, 2.75) is 31.6 Å². The van der Waals surface area contributed by atoms with Crippen LogP contribution in [0.25, 0.3) is 0 Å². The van der Waals surface area contributed by atoms with Crippen molar-refractivity contribution in [1.82, 2.24) is 5.32 Å². The molecule has 4 nitrogen and oxygen atoms in total. The number of hydrogen-bond acceptors (Lipinski definition) is 4. The Morgan fingerprint density at radius 1 is 1.38 bits per heavy atom. The van der Waals surface area contributed by atoms with Gasteiger partial charge in [0.1, 0.15) is 23.8 Å². The summed E-state index contributed by atoms with van der Waals surface area (Å²) in [5.74, 6) is 0.345. The van der Waals surface area contributed by atoms with Crippen LogP contribution >= 0.6 is 15.9 Å². The molecule has 3 atom stereocenters. The van der Waals surface area contributed by atoms with Crippen LogP contribution in [-0.4, -0.2) is 45.1 Å². The number of likely N-dealkylation sites (N-methyl/N-ethyl adjacent to an activating group) is 1. The van der Waals surface area contributed by atoms with Gasteiger partial charge in [0, 0.05) is 19.6 Å². The number of hydrogen-bond donors (Lipinski definition) is 1. The standard InChI is InChI=1S/C15H21BrFNO3/c1-3-18-13-9-14(15(13)20-7-6-19-2)21-10-4-5-12(17)11(16)8-10/h4-5,8,13-15,18H,3,6-7,9H2,1-2H3. The smallest absolute Gasteiger partial charge is 0.137 e. The van der Waals surface area contributed by atoms with E-state index in [0.29, 0.717) is 29.5 Å². The zero-order valence-corrected chi connectivity index (χ0v) is 13.9. The van der Waals surface area contributed by atoms with Crippen molar-refractivity contribution in [3.05, 3.63) is 28.5 Å². The summed E-state index contributed by atoms with van der Waals surface area (Å²) in [6, 6.07) is 4.95. The van der Waals surface area contributed by atoms with E-state index in [1.165, 1.54) is 6.07 Å². The summed E-state index contributed by atoms with van der Waals surface area (Å²) in [4.78, 5) is 0. The number of benzene rings is 1. The Labute approximate surface area is 133 Å². The molecule has 1 aliphatic carbocycles. The lowest BCUT2D eigenvalue weighted by molar-refractivity contribution is -0.115. The van der Waals surface area contributed by atoms with Crippen LogP contribution in [0.1, 0.15) is 13.3 Å². The molecule has 3 unspecified atom stereocenters. The SMILES string of the molecule is CCNC1CC(Oc2ccc(F)c(Br)c2)C1OCCOC. The van der Waals surface area contributed by atoms with E-state index in [-0.39, 0.29) is 18.0 Å². The van der Waals surface area contributed by atoms with Crippen molar-refractivity contribution < 1.29 is 18.6 Å². The third kappa shape index (κ3) is 4.39. The second-order valence-electron chi connectivity index (χ2n) is 4.96. The van der Waals surface area contributed by atoms with E-state index in [1.807, 2.05) is 0 Å². The summed E-state index contributed by atoms with van der Waals surface area (Å²) in [6.45, 7) is 4.06. The molecule has 0 spiro atoms. The van der Waals surface area contributed by atoms with E-state index < -0.39 is 0 Å². The maximum absolute atomic E-state index is 13.2. The first-order valence-corrected chi connectivity index (χ1v) is 7.90. The first-order chi connectivity index (χ1) is 10.2. The molecule has 0 amide bonds. The lowest BCUT2D eigenvalue weighted by Gasteiger charge is -2.44. The van der Waals surface area contributed by atoms with Crippen LogP contribution in [0.4, 0.5) is 4.39 Å². The predicted octanol–water partition coefficient (Wildman–Crippen LogP) is 2.75. The van der Waals surface area contributed by atoms with E-state index in [4.69, 9.17) is 14.2 Å². The van der Waals surface area contributed by atoms with Crippen molar-refractivity contribution >= 4 is 15.9 Å². The van der Waals surface area contributed by atoms with E-state index in [9.17, 15) is 4.39 Å². The second-order valence-corrected chi connectivity index (χ2v) is 5.81. The van der Waals surface area contributed by atoms with Gasteiger partial charge in [0.15, 0.2) is 0 Å². The van der Waals surface area contributed by atoms with Crippen LogP contribution in [-0.2, 0) is 9.47 Å². The van der Waals surface area contributed by atoms with Crippen LogP contribution in [0, 0.1) is 5.82 Å². The second kappa shape index (κ2) is 8.08. The first-order valence-electron chi connectivity index (χ1n) is 7.11. The van der Waals surface area contributed by atoms with Gasteiger partial charge >= 0.3 is 0 Å². The summed E-state index contributed by atoms with van der Waals surface area (Å²) < 4.78 is 30.4. The summed E-state index contributed by atoms with van der Waals surface area (Å²) >= 11 is 3.16. The average Bonchev–Trinajstić information content (AvgIpc) is 2.46. The molecular formula is C15H21BrFNO3. The van der Waals surface area contributed by atoms with E-state index in [1.54, 1.807) is 19.2 Å². The molecule has 0 saturated heterocycles. The van der Waals surface area contributed by atoms with Gasteiger partial charge in [-0.15, -0.1) is 0 Å². The largest absolute Gasteiger partial charge is 0.488 e. The fraction of sp³-hybridized carbons (Fsp3) is 0.600. The summed E-state index contributed by atoms with van der Waals surface area (Å²) in [7, 11) is 1.65. The van der Waals surface area contributed by atoms with Crippen molar-refractivity contribution in [2.24, 2.45) is 0 Å². The molecule has 0 radical (unpaired) electrons. The summed E-state index contributed by atoms with van der Waals surface area (Å²) in [6.07, 6.45) is 0.840. The third-order valence-corrected chi connectivity index (χ3v) is 4.10. The topological polar surface area (TPSA) is 39.7 Å². The van der Waals surface area contributed by atoms with Gasteiger partial charge in [-0.2, -0.15) is 0 Å². The van der Waals surface area contributed by atoms with Gasteiger partial charge in [0.2, 0.25) is 0 Å². The van der Waals surface area contributed by atoms with Crippen molar-refractivity contribution in [3.63, 3.8) is 0 Å². The molecule has 1 N–H and O–H groups in total. The predicted molar refractivity (Wildman–Crippen MR) is 82.2 cm³/mol. The minimum atomic E-state index is -0.297. The van der Waals surface area contributed by atoms with Gasteiger partial charge < -0.3 is 19.5 Å². The molecule has 1 saturated carbocycles. The highest BCUT2D eigenvalue weighted by atomic mass is 79.9. The molecule has 21 heavy (non-hydrogen) atoms. The van der Waals surface area contributed by atoms with Crippen molar-refractivity contribution in [1.29, 1.82) is 0 Å². The maximum Gasteiger partial charge on any atom is 0.137 e. The van der Waals surface area contributed by atoms with E-state index >= 15 is 0 Å². The lowest BCUT2D eigenvalue weighted by Crippen LogP contribution is -2.61. The number of methoxy groups -OCH3 is 1. The molecule has 118 valence electrons. The fourth-order valence-electron chi connectivity index (χ4n) is 2.37. The lowest BCUT2D eigenvalue weighted by atomic mass is 9.85. The van der Waals surface area contributed by atoms with E-state index in [0.717, 1.165) is 13.0 Å². The Morgan fingerprint density at radius 2 is 2.19 bits per heavy atom. The third-order valence-electron chi connectivity index (χ3n) is 3.49. The fourth-order valence-corrected chi connectivity index (χ4v) is 2.73. The Morgan fingerprint density at radius 3 is 2.86 bits per heavy atom. The molecule has 0 bridgehead atoms. The molecule has 2 rings (SSSR count). The summed E-state index contributed by atoms with van der Waals surface area (Å²) in [5, 5.41) is 3.38. The highest BCUT2D eigenvalue weighted by molar-refractivity contribution is 9.10. The molecule has 0 aromatic heterocycles. The molecule has 1 fully saturated rings. The van der Waals surface area contributed by atoms with Crippen LogP contribution in [0.5, 0.6) is 5.75 Å². The Hall–Kier alpha value is -0.690. The van der Waals surface area contributed by atoms with Gasteiger partial charge in [0.25, 0.3) is 0 Å². The van der Waals surface area contributed by atoms with Gasteiger partial charge in [-0.25, -0.2) is 4.39 Å². The van der Waals surface area contributed by atoms with Crippen molar-refractivity contribution in [3.8, 4) is 5.75 Å². The molecule has 1 aromatic carbocycles. The quantitative estimate of drug-likeness (QED) is 0.722. The van der Waals surface area contributed by atoms with Crippen LogP contribution in [0.3, 0.4) is 0 Å². The Balaban J connectivity index is 1.92. The van der Waals surface area contributed by atoms with Gasteiger partial charge in [-0.1, -0.05) is 6.92 Å². The molecule has 6 heteroatoms. The molecule has 1 aliphatic rings. The molecule has 0 aliphatic heterocycles. The van der Waals surface area contributed by atoms with Crippen LogP contribution in [0.15, 0.2) is 22.7 Å². The van der Waals surface area contributed by atoms with Gasteiger partial charge in [-0.3, -0.25) is 0 Å². The van der Waals surface area contributed by atoms with Crippen LogP contribution in [0.2, 0.25) is 0 Å². The van der Waals surface area contributed by atoms with E-state index in [2.05, 4.69) is 28.2 Å². The maximum atomic E-state index is 13.2. The highest BCUT2D eigenvalue weighted by Gasteiger charge is 2.43. The van der Waals surface area contributed by atoms with Crippen LogP contribution < -0.4 is 10.1 Å². The minimum Gasteiger partial charge on any atom is -0.488 e. The number of nitrogens with one attached hydrogen (secondary N) is 1. The Kier molecular flexibility index (Phi) is 6.41. The highest BCUT2D eigenvalue weighted by Crippen LogP contribution is 2.31. The average molecular weight is 362 g/mol. The number of ether oxygens (including phenoxy) is 3. The zero-order chi connectivity index (χ0) is 15.2. The first kappa shape index (κ1) is 16.7. The Bertz CT molecular complexity index is 461. The molecule has 1 aromatic rings. The molecular weight excluding hydrogens is 341 g/mol. The van der Waals surface area contributed by atoms with Gasteiger partial charge in [-0.05, 0) is 40.7 Å². The number of rotatable bonds is 8. The normalized spacial score (nSPS) is 24.7.